The Kier molecular flexibility index (Phi) is 4.15. The largest absolute Gasteiger partial charge is 0.356 e. The van der Waals surface area contributed by atoms with Crippen LogP contribution in [0.2, 0.25) is 0 Å². The first-order valence-electron chi connectivity index (χ1n) is 6.42. The lowest BCUT2D eigenvalue weighted by atomic mass is 10.2. The fourth-order valence-corrected chi connectivity index (χ4v) is 1.92. The van der Waals surface area contributed by atoms with E-state index in [2.05, 4.69) is 27.3 Å². The van der Waals surface area contributed by atoms with Crippen molar-refractivity contribution >= 4 is 5.91 Å². The molecule has 2 aromatic heterocycles. The van der Waals surface area contributed by atoms with Gasteiger partial charge in [0, 0.05) is 12.7 Å². The maximum Gasteiger partial charge on any atom is 0.268 e. The summed E-state index contributed by atoms with van der Waals surface area (Å²) in [7, 11) is 0. The number of aromatic amines is 1. The van der Waals surface area contributed by atoms with E-state index in [-0.39, 0.29) is 11.9 Å². The quantitative estimate of drug-likeness (QED) is 0.858. The van der Waals surface area contributed by atoms with Gasteiger partial charge in [0.05, 0.1) is 11.6 Å². The lowest BCUT2D eigenvalue weighted by Gasteiger charge is -2.13. The van der Waals surface area contributed by atoms with E-state index in [9.17, 15) is 4.79 Å². The number of nitriles is 1. The summed E-state index contributed by atoms with van der Waals surface area (Å²) in [6, 6.07) is 3.23. The van der Waals surface area contributed by atoms with Gasteiger partial charge in [-0.1, -0.05) is 6.92 Å². The molecule has 0 aliphatic heterocycles. The summed E-state index contributed by atoms with van der Waals surface area (Å²) in [6.07, 6.45) is 3.93. The Labute approximate surface area is 116 Å². The summed E-state index contributed by atoms with van der Waals surface area (Å²) in [5.41, 5.74) is 0.784. The highest BCUT2D eigenvalue weighted by molar-refractivity contribution is 5.93. The average Bonchev–Trinajstić information content (AvgIpc) is 3.07. The first-order chi connectivity index (χ1) is 9.65. The van der Waals surface area contributed by atoms with Crippen LogP contribution in [0.15, 0.2) is 18.6 Å². The zero-order valence-electron chi connectivity index (χ0n) is 11.4. The fourth-order valence-electron chi connectivity index (χ4n) is 1.92. The molecule has 0 saturated heterocycles. The molecule has 7 nitrogen and oxygen atoms in total. The zero-order valence-corrected chi connectivity index (χ0v) is 11.4. The molecule has 0 radical (unpaired) electrons. The first-order valence-corrected chi connectivity index (χ1v) is 6.42. The van der Waals surface area contributed by atoms with Gasteiger partial charge in [-0.15, -0.1) is 0 Å². The minimum atomic E-state index is -0.273. The number of rotatable bonds is 5. The van der Waals surface area contributed by atoms with E-state index in [1.165, 1.54) is 18.6 Å². The Hall–Kier alpha value is -2.62. The van der Waals surface area contributed by atoms with Gasteiger partial charge in [-0.2, -0.15) is 10.4 Å². The second-order valence-electron chi connectivity index (χ2n) is 4.45. The molecule has 2 heterocycles. The van der Waals surface area contributed by atoms with Gasteiger partial charge in [0.1, 0.15) is 23.9 Å². The van der Waals surface area contributed by atoms with E-state index in [1.54, 1.807) is 4.68 Å². The predicted molar refractivity (Wildman–Crippen MR) is 71.7 cm³/mol. The summed E-state index contributed by atoms with van der Waals surface area (Å²) in [4.78, 5) is 19.0. The molecule has 104 valence electrons. The van der Waals surface area contributed by atoms with Crippen LogP contribution in [0.1, 0.15) is 48.2 Å². The number of carbonyl (C=O) groups is 1. The molecule has 0 aliphatic rings. The molecule has 20 heavy (non-hydrogen) atoms. The number of aryl methyl sites for hydroxylation is 1. The number of nitrogens with one attached hydrogen (secondary N) is 2. The van der Waals surface area contributed by atoms with Crippen LogP contribution >= 0.6 is 0 Å². The monoisotopic (exact) mass is 272 g/mol. The normalized spacial score (nSPS) is 11.8. The Morgan fingerprint density at radius 1 is 1.65 bits per heavy atom. The van der Waals surface area contributed by atoms with Gasteiger partial charge in [0.15, 0.2) is 0 Å². The SMILES string of the molecule is CCCn1ncnc1[C@H](C)NC(=O)c1cc(C#N)c[nH]1. The number of hydrogen-bond acceptors (Lipinski definition) is 4. The molecular weight excluding hydrogens is 256 g/mol. The topological polar surface area (TPSA) is 99.4 Å². The van der Waals surface area contributed by atoms with Crippen molar-refractivity contribution in [2.75, 3.05) is 0 Å². The van der Waals surface area contributed by atoms with Crippen molar-refractivity contribution in [3.05, 3.63) is 35.7 Å². The minimum absolute atomic E-state index is 0.259. The smallest absolute Gasteiger partial charge is 0.268 e. The lowest BCUT2D eigenvalue weighted by Crippen LogP contribution is -2.29. The van der Waals surface area contributed by atoms with E-state index in [0.717, 1.165) is 13.0 Å². The van der Waals surface area contributed by atoms with Gasteiger partial charge >= 0.3 is 0 Å². The van der Waals surface area contributed by atoms with Crippen molar-refractivity contribution in [1.82, 2.24) is 25.1 Å². The highest BCUT2D eigenvalue weighted by Crippen LogP contribution is 2.10. The van der Waals surface area contributed by atoms with Crippen LogP contribution in [-0.2, 0) is 6.54 Å². The second-order valence-corrected chi connectivity index (χ2v) is 4.45. The zero-order chi connectivity index (χ0) is 14.5. The molecule has 2 N–H and O–H groups in total. The van der Waals surface area contributed by atoms with Crippen molar-refractivity contribution < 1.29 is 4.79 Å². The van der Waals surface area contributed by atoms with Crippen LogP contribution in [-0.4, -0.2) is 25.7 Å². The van der Waals surface area contributed by atoms with Crippen molar-refractivity contribution in [3.8, 4) is 6.07 Å². The Balaban J connectivity index is 2.07. The first kappa shape index (κ1) is 13.8. The number of aromatic nitrogens is 4. The number of H-pyrrole nitrogens is 1. The molecule has 2 aromatic rings. The standard InChI is InChI=1S/C13H16N6O/c1-3-4-19-12(16-8-17-19)9(2)18-13(20)11-5-10(6-14)7-15-11/h5,7-9,15H,3-4H2,1-2H3,(H,18,20)/t9-/m0/s1. The number of hydrogen-bond donors (Lipinski definition) is 2. The number of nitrogens with zero attached hydrogens (tertiary/aromatic N) is 4. The molecule has 1 atom stereocenters. The fraction of sp³-hybridized carbons (Fsp3) is 0.385. The average molecular weight is 272 g/mol. The third-order valence-electron chi connectivity index (χ3n) is 2.87. The minimum Gasteiger partial charge on any atom is -0.356 e. The van der Waals surface area contributed by atoms with Gasteiger partial charge in [0.2, 0.25) is 0 Å². The molecule has 0 spiro atoms. The van der Waals surface area contributed by atoms with E-state index in [4.69, 9.17) is 5.26 Å². The van der Waals surface area contributed by atoms with Crippen molar-refractivity contribution in [1.29, 1.82) is 5.26 Å². The molecule has 0 saturated carbocycles. The Bertz CT molecular complexity index is 635. The molecule has 2 rings (SSSR count). The highest BCUT2D eigenvalue weighted by atomic mass is 16.1. The van der Waals surface area contributed by atoms with Crippen LogP contribution in [0.3, 0.4) is 0 Å². The Morgan fingerprint density at radius 2 is 2.45 bits per heavy atom. The third-order valence-corrected chi connectivity index (χ3v) is 2.87. The van der Waals surface area contributed by atoms with Crippen LogP contribution in [0.25, 0.3) is 0 Å². The van der Waals surface area contributed by atoms with Gasteiger partial charge < -0.3 is 10.3 Å². The number of carbonyl (C=O) groups excluding carboxylic acids is 1. The second kappa shape index (κ2) is 6.02. The molecule has 0 fully saturated rings. The van der Waals surface area contributed by atoms with E-state index >= 15 is 0 Å². The van der Waals surface area contributed by atoms with Crippen LogP contribution < -0.4 is 5.32 Å². The highest BCUT2D eigenvalue weighted by Gasteiger charge is 2.17. The van der Waals surface area contributed by atoms with E-state index < -0.39 is 0 Å². The van der Waals surface area contributed by atoms with Gasteiger partial charge in [0.25, 0.3) is 5.91 Å². The molecule has 1 amide bonds. The summed E-state index contributed by atoms with van der Waals surface area (Å²) in [6.45, 7) is 4.66. The van der Waals surface area contributed by atoms with E-state index in [0.29, 0.717) is 17.1 Å². The molecule has 0 bridgehead atoms. The predicted octanol–water partition coefficient (Wildman–Crippen LogP) is 1.38. The maximum absolute atomic E-state index is 12.0. The van der Waals surface area contributed by atoms with Crippen molar-refractivity contribution in [3.63, 3.8) is 0 Å². The molecule has 0 aliphatic carbocycles. The van der Waals surface area contributed by atoms with Crippen LogP contribution in [0, 0.1) is 11.3 Å². The maximum atomic E-state index is 12.0. The number of amides is 1. The van der Waals surface area contributed by atoms with Crippen molar-refractivity contribution in [2.24, 2.45) is 0 Å². The van der Waals surface area contributed by atoms with Crippen molar-refractivity contribution in [2.45, 2.75) is 32.9 Å². The van der Waals surface area contributed by atoms with Crippen LogP contribution in [0.4, 0.5) is 0 Å². The lowest BCUT2D eigenvalue weighted by molar-refractivity contribution is 0.0933. The summed E-state index contributed by atoms with van der Waals surface area (Å²) >= 11 is 0. The Morgan fingerprint density at radius 3 is 3.10 bits per heavy atom. The van der Waals surface area contributed by atoms with Crippen LogP contribution in [0.5, 0.6) is 0 Å². The van der Waals surface area contributed by atoms with E-state index in [1.807, 2.05) is 13.0 Å². The molecular formula is C13H16N6O. The molecule has 7 heteroatoms. The summed E-state index contributed by atoms with van der Waals surface area (Å²) in [5.74, 6) is 0.442. The molecule has 0 aromatic carbocycles. The summed E-state index contributed by atoms with van der Waals surface area (Å²) < 4.78 is 1.78. The van der Waals surface area contributed by atoms with Gasteiger partial charge in [-0.3, -0.25) is 4.79 Å². The van der Waals surface area contributed by atoms with Gasteiger partial charge in [-0.25, -0.2) is 9.67 Å². The third kappa shape index (κ3) is 2.85. The summed E-state index contributed by atoms with van der Waals surface area (Å²) in [5, 5.41) is 15.7. The molecule has 0 unspecified atom stereocenters. The van der Waals surface area contributed by atoms with Gasteiger partial charge in [-0.05, 0) is 19.4 Å².